The largest absolute Gasteiger partial charge is 0.354 e. The molecule has 1 unspecified atom stereocenters. The molecule has 0 spiro atoms. The highest BCUT2D eigenvalue weighted by atomic mass is 35.5. The molecule has 7 heteroatoms. The number of nitrogens with zero attached hydrogens (tertiary/aromatic N) is 1. The zero-order chi connectivity index (χ0) is 19.4. The van der Waals surface area contributed by atoms with E-state index >= 15 is 0 Å². The number of imide groups is 1. The van der Waals surface area contributed by atoms with E-state index in [0.29, 0.717) is 23.6 Å². The summed E-state index contributed by atoms with van der Waals surface area (Å²) >= 11 is 5.88. The summed E-state index contributed by atoms with van der Waals surface area (Å²) in [5.41, 5.74) is 0.492. The fourth-order valence-electron chi connectivity index (χ4n) is 3.01. The Morgan fingerprint density at radius 2 is 1.78 bits per heavy atom. The number of carbonyl (C=O) groups excluding carboxylic acids is 3. The minimum Gasteiger partial charge on any atom is -0.354 e. The van der Waals surface area contributed by atoms with Crippen LogP contribution >= 0.6 is 11.6 Å². The Bertz CT molecular complexity index is 855. The molecule has 1 atom stereocenters. The number of benzene rings is 2. The average Bonchev–Trinajstić information content (AvgIpc) is 2.87. The molecular formula is C20H20ClN3O3. The van der Waals surface area contributed by atoms with Gasteiger partial charge in [-0.25, -0.2) is 4.79 Å². The fraction of sp³-hybridized carbons (Fsp3) is 0.250. The molecule has 0 aromatic heterocycles. The number of hydrogen-bond donors (Lipinski definition) is 2. The number of carbonyl (C=O) groups is 3. The Hall–Kier alpha value is -2.86. The van der Waals surface area contributed by atoms with Crippen LogP contribution in [0.4, 0.5) is 4.79 Å². The van der Waals surface area contributed by atoms with Crippen LogP contribution in [-0.4, -0.2) is 35.8 Å². The SMILES string of the molecule is CC1(c2ccc(Cl)cc2)NC(=O)N(CC(=O)NCCc2ccccc2)C1=O. The number of nitrogens with one attached hydrogen (secondary N) is 2. The van der Waals surface area contributed by atoms with E-state index in [1.54, 1.807) is 31.2 Å². The van der Waals surface area contributed by atoms with Gasteiger partial charge in [-0.1, -0.05) is 54.1 Å². The number of rotatable bonds is 6. The first kappa shape index (κ1) is 18.9. The van der Waals surface area contributed by atoms with Crippen molar-refractivity contribution in [3.05, 3.63) is 70.7 Å². The molecule has 1 aliphatic heterocycles. The third-order valence-electron chi connectivity index (χ3n) is 4.58. The average molecular weight is 386 g/mol. The van der Waals surface area contributed by atoms with Crippen LogP contribution in [0.25, 0.3) is 0 Å². The van der Waals surface area contributed by atoms with Crippen LogP contribution in [0.3, 0.4) is 0 Å². The smallest absolute Gasteiger partial charge is 0.325 e. The van der Waals surface area contributed by atoms with Crippen LogP contribution in [0, 0.1) is 0 Å². The highest BCUT2D eigenvalue weighted by Crippen LogP contribution is 2.29. The second-order valence-electron chi connectivity index (χ2n) is 6.54. The summed E-state index contributed by atoms with van der Waals surface area (Å²) in [6.45, 7) is 1.73. The van der Waals surface area contributed by atoms with Crippen molar-refractivity contribution in [1.82, 2.24) is 15.5 Å². The van der Waals surface area contributed by atoms with Crippen LogP contribution in [0.2, 0.25) is 5.02 Å². The fourth-order valence-corrected chi connectivity index (χ4v) is 3.14. The molecule has 27 heavy (non-hydrogen) atoms. The van der Waals surface area contributed by atoms with Crippen LogP contribution in [0.5, 0.6) is 0 Å². The van der Waals surface area contributed by atoms with E-state index in [4.69, 9.17) is 11.6 Å². The molecule has 4 amide bonds. The number of hydrogen-bond acceptors (Lipinski definition) is 3. The lowest BCUT2D eigenvalue weighted by Crippen LogP contribution is -2.43. The standard InChI is InChI=1S/C20H20ClN3O3/c1-20(15-7-9-16(21)10-8-15)18(26)24(19(27)23-20)13-17(25)22-12-11-14-5-3-2-4-6-14/h2-10H,11-13H2,1H3,(H,22,25)(H,23,27). The van der Waals surface area contributed by atoms with E-state index in [1.165, 1.54) is 0 Å². The van der Waals surface area contributed by atoms with Gasteiger partial charge in [0, 0.05) is 11.6 Å². The van der Waals surface area contributed by atoms with Crippen molar-refractivity contribution in [2.45, 2.75) is 18.9 Å². The maximum absolute atomic E-state index is 12.8. The molecule has 0 radical (unpaired) electrons. The molecule has 1 aliphatic rings. The van der Waals surface area contributed by atoms with E-state index in [0.717, 1.165) is 10.5 Å². The highest BCUT2D eigenvalue weighted by Gasteiger charge is 2.49. The van der Waals surface area contributed by atoms with Crippen molar-refractivity contribution < 1.29 is 14.4 Å². The van der Waals surface area contributed by atoms with Crippen LogP contribution in [-0.2, 0) is 21.5 Å². The summed E-state index contributed by atoms with van der Waals surface area (Å²) in [6.07, 6.45) is 0.676. The lowest BCUT2D eigenvalue weighted by atomic mass is 9.92. The van der Waals surface area contributed by atoms with Crippen molar-refractivity contribution in [2.75, 3.05) is 13.1 Å². The quantitative estimate of drug-likeness (QED) is 0.750. The molecule has 3 rings (SSSR count). The Balaban J connectivity index is 1.60. The first-order valence-corrected chi connectivity index (χ1v) is 8.99. The molecule has 0 saturated carbocycles. The normalized spacial score (nSPS) is 19.1. The summed E-state index contributed by atoms with van der Waals surface area (Å²) in [5.74, 6) is -0.845. The van der Waals surface area contributed by atoms with Gasteiger partial charge in [0.1, 0.15) is 12.1 Å². The second-order valence-corrected chi connectivity index (χ2v) is 6.98. The zero-order valence-corrected chi connectivity index (χ0v) is 15.6. The summed E-state index contributed by atoms with van der Waals surface area (Å²) in [4.78, 5) is 38.1. The number of urea groups is 1. The molecule has 1 fully saturated rings. The van der Waals surface area contributed by atoms with Crippen molar-refractivity contribution in [3.63, 3.8) is 0 Å². The molecule has 1 saturated heterocycles. The van der Waals surface area contributed by atoms with Crippen LogP contribution in [0.1, 0.15) is 18.1 Å². The van der Waals surface area contributed by atoms with Gasteiger partial charge in [-0.2, -0.15) is 0 Å². The molecule has 6 nitrogen and oxygen atoms in total. The van der Waals surface area contributed by atoms with E-state index in [1.807, 2.05) is 30.3 Å². The topological polar surface area (TPSA) is 78.5 Å². The van der Waals surface area contributed by atoms with Crippen LogP contribution in [0.15, 0.2) is 54.6 Å². The predicted octanol–water partition coefficient (Wildman–Crippen LogP) is 2.47. The van der Waals surface area contributed by atoms with E-state index in [9.17, 15) is 14.4 Å². The van der Waals surface area contributed by atoms with Gasteiger partial charge in [-0.15, -0.1) is 0 Å². The third kappa shape index (κ3) is 4.11. The Kier molecular flexibility index (Phi) is 5.46. The van der Waals surface area contributed by atoms with Crippen molar-refractivity contribution in [1.29, 1.82) is 0 Å². The molecule has 140 valence electrons. The van der Waals surface area contributed by atoms with Gasteiger partial charge in [0.2, 0.25) is 5.91 Å². The highest BCUT2D eigenvalue weighted by molar-refractivity contribution is 6.30. The first-order valence-electron chi connectivity index (χ1n) is 8.61. The van der Waals surface area contributed by atoms with Crippen molar-refractivity contribution >= 4 is 29.4 Å². The Labute approximate surface area is 162 Å². The van der Waals surface area contributed by atoms with Gasteiger partial charge >= 0.3 is 6.03 Å². The monoisotopic (exact) mass is 385 g/mol. The van der Waals surface area contributed by atoms with Gasteiger partial charge in [-0.3, -0.25) is 14.5 Å². The van der Waals surface area contributed by atoms with E-state index < -0.39 is 17.5 Å². The third-order valence-corrected chi connectivity index (χ3v) is 4.83. The molecule has 1 heterocycles. The van der Waals surface area contributed by atoms with Crippen molar-refractivity contribution in [3.8, 4) is 0 Å². The van der Waals surface area contributed by atoms with Gasteiger partial charge in [-0.05, 0) is 36.6 Å². The number of halogens is 1. The summed E-state index contributed by atoms with van der Waals surface area (Å²) in [5, 5.41) is 5.95. The minimum absolute atomic E-state index is 0.317. The maximum atomic E-state index is 12.8. The molecule has 2 aromatic carbocycles. The maximum Gasteiger partial charge on any atom is 0.325 e. The lowest BCUT2D eigenvalue weighted by Gasteiger charge is -2.22. The summed E-state index contributed by atoms with van der Waals surface area (Å²) in [7, 11) is 0. The molecule has 0 aliphatic carbocycles. The molecular weight excluding hydrogens is 366 g/mol. The van der Waals surface area contributed by atoms with E-state index in [2.05, 4.69) is 10.6 Å². The van der Waals surface area contributed by atoms with Gasteiger partial charge in [0.15, 0.2) is 0 Å². The summed E-state index contributed by atoms with van der Waals surface area (Å²) in [6, 6.07) is 15.8. The second kappa shape index (κ2) is 7.80. The van der Waals surface area contributed by atoms with Gasteiger partial charge in [0.05, 0.1) is 0 Å². The Morgan fingerprint density at radius 3 is 2.44 bits per heavy atom. The lowest BCUT2D eigenvalue weighted by molar-refractivity contribution is -0.134. The molecule has 0 bridgehead atoms. The Morgan fingerprint density at radius 1 is 1.11 bits per heavy atom. The van der Waals surface area contributed by atoms with Crippen LogP contribution < -0.4 is 10.6 Å². The summed E-state index contributed by atoms with van der Waals surface area (Å²) < 4.78 is 0. The number of amides is 4. The first-order chi connectivity index (χ1) is 12.9. The van der Waals surface area contributed by atoms with E-state index in [-0.39, 0.29) is 12.5 Å². The molecule has 2 aromatic rings. The minimum atomic E-state index is -1.22. The van der Waals surface area contributed by atoms with Gasteiger partial charge < -0.3 is 10.6 Å². The van der Waals surface area contributed by atoms with Gasteiger partial charge in [0.25, 0.3) is 5.91 Å². The zero-order valence-electron chi connectivity index (χ0n) is 14.9. The van der Waals surface area contributed by atoms with Crippen molar-refractivity contribution in [2.24, 2.45) is 0 Å². The predicted molar refractivity (Wildman–Crippen MR) is 102 cm³/mol. The molecule has 2 N–H and O–H groups in total.